The Bertz CT molecular complexity index is 828. The summed E-state index contributed by atoms with van der Waals surface area (Å²) in [5.74, 6) is -0.711. The van der Waals surface area contributed by atoms with Crippen LogP contribution >= 0.6 is 0 Å². The number of aromatic hydroxyl groups is 1. The van der Waals surface area contributed by atoms with Crippen LogP contribution < -0.4 is 5.32 Å². The highest BCUT2D eigenvalue weighted by molar-refractivity contribution is 5.97. The van der Waals surface area contributed by atoms with Gasteiger partial charge in [-0.25, -0.2) is 9.67 Å². The number of aryl methyl sites for hydroxylation is 1. The van der Waals surface area contributed by atoms with E-state index < -0.39 is 11.5 Å². The molecule has 9 heteroatoms. The number of hydrogen-bond donors (Lipinski definition) is 3. The third kappa shape index (κ3) is 3.52. The molecule has 1 aliphatic heterocycles. The number of phenols is 1. The fourth-order valence-corrected chi connectivity index (χ4v) is 2.83. The third-order valence-corrected chi connectivity index (χ3v) is 4.61. The molecule has 1 fully saturated rings. The van der Waals surface area contributed by atoms with Crippen molar-refractivity contribution in [2.24, 2.45) is 0 Å². The van der Waals surface area contributed by atoms with Crippen molar-refractivity contribution in [3.05, 3.63) is 41.5 Å². The van der Waals surface area contributed by atoms with Crippen molar-refractivity contribution in [3.63, 3.8) is 0 Å². The molecule has 2 amide bonds. The molecule has 0 atom stereocenters. The Balaban J connectivity index is 1.52. The van der Waals surface area contributed by atoms with Crippen LogP contribution in [-0.2, 0) is 11.3 Å². The highest BCUT2D eigenvalue weighted by Crippen LogP contribution is 2.25. The molecule has 0 bridgehead atoms. The van der Waals surface area contributed by atoms with E-state index in [0.29, 0.717) is 5.56 Å². The second-order valence-electron chi connectivity index (χ2n) is 6.65. The van der Waals surface area contributed by atoms with E-state index in [4.69, 9.17) is 0 Å². The number of likely N-dealkylation sites (tertiary alicyclic amines) is 1. The number of aromatic nitrogens is 3. The van der Waals surface area contributed by atoms with Gasteiger partial charge < -0.3 is 20.4 Å². The van der Waals surface area contributed by atoms with Gasteiger partial charge in [-0.3, -0.25) is 9.59 Å². The first-order valence-corrected chi connectivity index (χ1v) is 8.19. The molecule has 0 saturated carbocycles. The first kappa shape index (κ1) is 17.9. The second kappa shape index (κ2) is 6.75. The maximum Gasteiger partial charge on any atom is 0.255 e. The van der Waals surface area contributed by atoms with E-state index in [1.54, 1.807) is 19.1 Å². The molecule has 9 nitrogen and oxygen atoms in total. The summed E-state index contributed by atoms with van der Waals surface area (Å²) in [5, 5.41) is 27.0. The van der Waals surface area contributed by atoms with Crippen LogP contribution in [0.4, 0.5) is 0 Å². The number of β-amino-alcohol motifs (C(OH)–C–C–N with tert-alkyl or cyclic N) is 1. The summed E-state index contributed by atoms with van der Waals surface area (Å²) in [6, 6.07) is 3.30. The summed E-state index contributed by atoms with van der Waals surface area (Å²) >= 11 is 0. The van der Waals surface area contributed by atoms with Crippen LogP contribution in [0, 0.1) is 13.8 Å². The number of aliphatic hydroxyl groups is 1. The van der Waals surface area contributed by atoms with Gasteiger partial charge in [0.25, 0.3) is 5.91 Å². The van der Waals surface area contributed by atoms with E-state index in [2.05, 4.69) is 15.4 Å². The predicted octanol–water partition coefficient (Wildman–Crippen LogP) is -0.396. The Labute approximate surface area is 150 Å². The first-order valence-electron chi connectivity index (χ1n) is 8.19. The van der Waals surface area contributed by atoms with Crippen LogP contribution in [0.25, 0.3) is 0 Å². The van der Waals surface area contributed by atoms with Gasteiger partial charge in [0, 0.05) is 0 Å². The number of amides is 2. The number of hydrogen-bond acceptors (Lipinski definition) is 6. The number of carbonyl (C=O) groups is 2. The van der Waals surface area contributed by atoms with Crippen LogP contribution in [0.1, 0.15) is 21.5 Å². The number of rotatable bonds is 5. The topological polar surface area (TPSA) is 121 Å². The average Bonchev–Trinajstić information content (AvgIpc) is 3.08. The van der Waals surface area contributed by atoms with Crippen LogP contribution in [0.5, 0.6) is 5.75 Å². The maximum absolute atomic E-state index is 12.3. The van der Waals surface area contributed by atoms with E-state index in [1.165, 1.54) is 22.2 Å². The Morgan fingerprint density at radius 3 is 2.69 bits per heavy atom. The minimum Gasteiger partial charge on any atom is -0.507 e. The lowest BCUT2D eigenvalue weighted by Crippen LogP contribution is -2.68. The number of nitrogens with one attached hydrogen (secondary N) is 1. The van der Waals surface area contributed by atoms with Gasteiger partial charge in [0.1, 0.15) is 30.5 Å². The first-order chi connectivity index (χ1) is 12.3. The summed E-state index contributed by atoms with van der Waals surface area (Å²) in [6.45, 7) is 3.88. The van der Waals surface area contributed by atoms with Gasteiger partial charge in [-0.1, -0.05) is 6.07 Å². The zero-order valence-electron chi connectivity index (χ0n) is 14.6. The summed E-state index contributed by atoms with van der Waals surface area (Å²) in [7, 11) is 0. The van der Waals surface area contributed by atoms with E-state index in [-0.39, 0.29) is 43.4 Å². The van der Waals surface area contributed by atoms with Crippen LogP contribution in [0.15, 0.2) is 24.8 Å². The highest BCUT2D eigenvalue weighted by Gasteiger charge is 2.43. The van der Waals surface area contributed by atoms with Crippen molar-refractivity contribution in [2.45, 2.75) is 26.0 Å². The zero-order chi connectivity index (χ0) is 18.9. The molecule has 3 N–H and O–H groups in total. The van der Waals surface area contributed by atoms with Crippen molar-refractivity contribution < 1.29 is 19.8 Å². The molecule has 3 rings (SSSR count). The predicted molar refractivity (Wildman–Crippen MR) is 91.5 cm³/mol. The Kier molecular flexibility index (Phi) is 4.64. The normalized spacial score (nSPS) is 15.4. The fraction of sp³-hybridized carbons (Fsp3) is 0.412. The molecule has 2 aromatic rings. The Morgan fingerprint density at radius 1 is 1.31 bits per heavy atom. The minimum absolute atomic E-state index is 0.00863. The van der Waals surface area contributed by atoms with Crippen molar-refractivity contribution in [2.75, 3.05) is 19.6 Å². The smallest absolute Gasteiger partial charge is 0.255 e. The number of benzene rings is 1. The molecule has 2 heterocycles. The lowest BCUT2D eigenvalue weighted by Gasteiger charge is -2.46. The lowest BCUT2D eigenvalue weighted by atomic mass is 9.93. The molecule has 1 saturated heterocycles. The van der Waals surface area contributed by atoms with Crippen LogP contribution in [0.3, 0.4) is 0 Å². The Morgan fingerprint density at radius 2 is 2.04 bits per heavy atom. The van der Waals surface area contributed by atoms with Gasteiger partial charge in [0.2, 0.25) is 5.91 Å². The zero-order valence-corrected chi connectivity index (χ0v) is 14.6. The van der Waals surface area contributed by atoms with E-state index >= 15 is 0 Å². The summed E-state index contributed by atoms with van der Waals surface area (Å²) < 4.78 is 1.41. The number of carbonyl (C=O) groups excluding carboxylic acids is 2. The third-order valence-electron chi connectivity index (χ3n) is 4.61. The highest BCUT2D eigenvalue weighted by atomic mass is 16.3. The molecule has 138 valence electrons. The van der Waals surface area contributed by atoms with E-state index in [9.17, 15) is 19.8 Å². The van der Waals surface area contributed by atoms with E-state index in [1.807, 2.05) is 6.92 Å². The minimum atomic E-state index is -1.18. The standard InChI is InChI=1S/C17H21N5O4/c1-11-3-4-13(15(24)12(11)2)16(25)19-6-17(26)7-21(8-17)14(23)5-22-10-18-9-20-22/h3-4,9-10,24,26H,5-8H2,1-2H3,(H,19,25). The largest absolute Gasteiger partial charge is 0.507 e. The molecule has 0 spiro atoms. The molecule has 0 unspecified atom stereocenters. The summed E-state index contributed by atoms with van der Waals surface area (Å²) in [4.78, 5) is 29.6. The summed E-state index contributed by atoms with van der Waals surface area (Å²) in [6.07, 6.45) is 2.79. The maximum atomic E-state index is 12.3. The van der Waals surface area contributed by atoms with Gasteiger partial charge in [-0.15, -0.1) is 0 Å². The molecule has 0 radical (unpaired) electrons. The van der Waals surface area contributed by atoms with Gasteiger partial charge in [-0.05, 0) is 31.0 Å². The second-order valence-corrected chi connectivity index (χ2v) is 6.65. The van der Waals surface area contributed by atoms with Crippen LogP contribution in [-0.4, -0.2) is 66.9 Å². The quantitative estimate of drug-likeness (QED) is 0.668. The monoisotopic (exact) mass is 359 g/mol. The SMILES string of the molecule is Cc1ccc(C(=O)NCC2(O)CN(C(=O)Cn3cncn3)C2)c(O)c1C. The molecule has 1 aromatic heterocycles. The molecule has 1 aromatic carbocycles. The fourth-order valence-electron chi connectivity index (χ4n) is 2.83. The Hall–Kier alpha value is -2.94. The lowest BCUT2D eigenvalue weighted by molar-refractivity contribution is -0.155. The average molecular weight is 359 g/mol. The van der Waals surface area contributed by atoms with Gasteiger partial charge in [0.05, 0.1) is 25.2 Å². The molecular weight excluding hydrogens is 338 g/mol. The number of nitrogens with zero attached hydrogens (tertiary/aromatic N) is 4. The van der Waals surface area contributed by atoms with Gasteiger partial charge >= 0.3 is 0 Å². The van der Waals surface area contributed by atoms with Gasteiger partial charge in [0.15, 0.2) is 0 Å². The van der Waals surface area contributed by atoms with Crippen LogP contribution in [0.2, 0.25) is 0 Å². The van der Waals surface area contributed by atoms with Crippen molar-refractivity contribution in [1.29, 1.82) is 0 Å². The molecule has 0 aliphatic carbocycles. The van der Waals surface area contributed by atoms with Crippen molar-refractivity contribution >= 4 is 11.8 Å². The van der Waals surface area contributed by atoms with Gasteiger partial charge in [-0.2, -0.15) is 5.10 Å². The number of phenolic OH excluding ortho intramolecular Hbond substituents is 1. The van der Waals surface area contributed by atoms with E-state index in [0.717, 1.165) is 5.56 Å². The van der Waals surface area contributed by atoms with Crippen molar-refractivity contribution in [1.82, 2.24) is 25.0 Å². The molecule has 1 aliphatic rings. The van der Waals surface area contributed by atoms with Crippen molar-refractivity contribution in [3.8, 4) is 5.75 Å². The molecule has 26 heavy (non-hydrogen) atoms. The molecular formula is C17H21N5O4. The summed E-state index contributed by atoms with van der Waals surface area (Å²) in [5.41, 5.74) is 0.515.